The monoisotopic (exact) mass is 746 g/mol. The molecule has 5 nitrogen and oxygen atoms in total. The zero-order valence-corrected chi connectivity index (χ0v) is 31.2. The fourth-order valence-electron chi connectivity index (χ4n) is 8.47. The Morgan fingerprint density at radius 1 is 0.404 bits per heavy atom. The predicted molar refractivity (Wildman–Crippen MR) is 236 cm³/mol. The van der Waals surface area contributed by atoms with Crippen LogP contribution in [0.15, 0.2) is 186 Å². The lowest BCUT2D eigenvalue weighted by molar-refractivity contribution is 0.669. The van der Waals surface area contributed by atoms with Gasteiger partial charge in [0.15, 0.2) is 17.5 Å². The second-order valence-electron chi connectivity index (χ2n) is 14.4. The average Bonchev–Trinajstić information content (AvgIpc) is 3.96. The van der Waals surface area contributed by atoms with Crippen molar-refractivity contribution in [2.24, 2.45) is 0 Å². The first-order valence-electron chi connectivity index (χ1n) is 19.0. The number of nitrogens with zero attached hydrogens (tertiary/aromatic N) is 4. The van der Waals surface area contributed by atoms with Crippen LogP contribution in [0.4, 0.5) is 0 Å². The standard InChI is InChI=1S/C51H30N4OS/c1-3-14-31(15-4-1)49-52-50(54-51(53-49)39-22-13-21-37-36-19-8-11-24-44(36)56-48(37)39)33-29-40(47-38-20-9-12-25-45(38)57-46(47)30-33)32-26-27-43-41(28-32)35-18-7-10-23-42(35)55(43)34-16-5-2-6-17-34/h1-30H. The number of thiophene rings is 1. The Bertz CT molecular complexity index is 3530. The minimum atomic E-state index is 0.566. The van der Waals surface area contributed by atoms with E-state index in [0.29, 0.717) is 17.5 Å². The van der Waals surface area contributed by atoms with Gasteiger partial charge in [-0.3, -0.25) is 0 Å². The van der Waals surface area contributed by atoms with E-state index < -0.39 is 0 Å². The third-order valence-corrected chi connectivity index (χ3v) is 12.2. The molecule has 0 saturated heterocycles. The second-order valence-corrected chi connectivity index (χ2v) is 15.5. The Hall–Kier alpha value is -7.41. The first-order valence-corrected chi connectivity index (χ1v) is 19.8. The maximum Gasteiger partial charge on any atom is 0.167 e. The summed E-state index contributed by atoms with van der Waals surface area (Å²) in [6, 6.07) is 63.9. The number of para-hydroxylation sites is 4. The fourth-order valence-corrected chi connectivity index (χ4v) is 9.64. The Morgan fingerprint density at radius 3 is 1.93 bits per heavy atom. The van der Waals surface area contributed by atoms with Crippen LogP contribution in [0.1, 0.15) is 0 Å². The fraction of sp³-hybridized carbons (Fsp3) is 0. The zero-order valence-electron chi connectivity index (χ0n) is 30.4. The van der Waals surface area contributed by atoms with Crippen molar-refractivity contribution in [1.29, 1.82) is 0 Å². The minimum absolute atomic E-state index is 0.566. The van der Waals surface area contributed by atoms with Crippen LogP contribution in [0.3, 0.4) is 0 Å². The van der Waals surface area contributed by atoms with Crippen LogP contribution in [-0.2, 0) is 0 Å². The van der Waals surface area contributed by atoms with Crippen molar-refractivity contribution in [1.82, 2.24) is 19.5 Å². The molecule has 0 amide bonds. The highest BCUT2D eigenvalue weighted by Crippen LogP contribution is 2.44. The number of benzene rings is 8. The van der Waals surface area contributed by atoms with Gasteiger partial charge in [0.1, 0.15) is 11.2 Å². The normalized spacial score (nSPS) is 11.9. The molecule has 0 fully saturated rings. The van der Waals surface area contributed by atoms with Crippen molar-refractivity contribution < 1.29 is 4.42 Å². The van der Waals surface area contributed by atoms with Gasteiger partial charge in [0.2, 0.25) is 0 Å². The summed E-state index contributed by atoms with van der Waals surface area (Å²) in [4.78, 5) is 15.6. The highest BCUT2D eigenvalue weighted by atomic mass is 32.1. The molecule has 4 aromatic heterocycles. The Kier molecular flexibility index (Phi) is 7.03. The topological polar surface area (TPSA) is 56.7 Å². The number of fused-ring (bicyclic) bond motifs is 9. The van der Waals surface area contributed by atoms with E-state index in [0.717, 1.165) is 55.4 Å². The summed E-state index contributed by atoms with van der Waals surface area (Å²) in [6.45, 7) is 0. The lowest BCUT2D eigenvalue weighted by Crippen LogP contribution is -2.00. The van der Waals surface area contributed by atoms with Crippen molar-refractivity contribution in [3.05, 3.63) is 182 Å². The third kappa shape index (κ3) is 5.04. The molecule has 4 heterocycles. The first-order chi connectivity index (χ1) is 28.2. The van der Waals surface area contributed by atoms with Crippen molar-refractivity contribution in [2.45, 2.75) is 0 Å². The van der Waals surface area contributed by atoms with E-state index in [-0.39, 0.29) is 0 Å². The van der Waals surface area contributed by atoms with E-state index in [4.69, 9.17) is 19.4 Å². The van der Waals surface area contributed by atoms with E-state index in [1.165, 1.54) is 42.0 Å². The van der Waals surface area contributed by atoms with Gasteiger partial charge in [-0.15, -0.1) is 11.3 Å². The summed E-state index contributed by atoms with van der Waals surface area (Å²) in [7, 11) is 0. The van der Waals surface area contributed by atoms with Gasteiger partial charge in [-0.1, -0.05) is 121 Å². The number of hydrogen-bond acceptors (Lipinski definition) is 5. The minimum Gasteiger partial charge on any atom is -0.455 e. The van der Waals surface area contributed by atoms with Crippen molar-refractivity contribution >= 4 is 75.3 Å². The van der Waals surface area contributed by atoms with Gasteiger partial charge in [0.25, 0.3) is 0 Å². The molecule has 0 radical (unpaired) electrons. The molecule has 0 aliphatic carbocycles. The third-order valence-electron chi connectivity index (χ3n) is 11.0. The molecule has 8 aromatic carbocycles. The van der Waals surface area contributed by atoms with Gasteiger partial charge >= 0.3 is 0 Å². The lowest BCUT2D eigenvalue weighted by atomic mass is 9.95. The molecule has 57 heavy (non-hydrogen) atoms. The van der Waals surface area contributed by atoms with Gasteiger partial charge in [-0.25, -0.2) is 15.0 Å². The predicted octanol–water partition coefficient (Wildman–Crippen LogP) is 13.9. The van der Waals surface area contributed by atoms with Gasteiger partial charge in [-0.05, 0) is 71.8 Å². The molecule has 0 spiro atoms. The Labute approximate surface area is 330 Å². The van der Waals surface area contributed by atoms with E-state index in [2.05, 4.69) is 132 Å². The van der Waals surface area contributed by atoms with Crippen LogP contribution in [0.25, 0.3) is 115 Å². The molecule has 0 unspecified atom stereocenters. The summed E-state index contributed by atoms with van der Waals surface area (Å²) in [6.07, 6.45) is 0. The van der Waals surface area contributed by atoms with Crippen LogP contribution in [-0.4, -0.2) is 19.5 Å². The highest BCUT2D eigenvalue weighted by Gasteiger charge is 2.21. The maximum atomic E-state index is 6.49. The number of hydrogen-bond donors (Lipinski definition) is 0. The second kappa shape index (κ2) is 12.6. The van der Waals surface area contributed by atoms with Crippen LogP contribution in [0.5, 0.6) is 0 Å². The summed E-state index contributed by atoms with van der Waals surface area (Å²) in [5.41, 5.74) is 10.0. The molecule has 12 aromatic rings. The van der Waals surface area contributed by atoms with Crippen molar-refractivity contribution in [2.75, 3.05) is 0 Å². The summed E-state index contributed by atoms with van der Waals surface area (Å²) in [5.74, 6) is 1.78. The maximum absolute atomic E-state index is 6.49. The molecular formula is C51H30N4OS. The van der Waals surface area contributed by atoms with Gasteiger partial charge in [0.05, 0.1) is 16.6 Å². The molecule has 0 aliphatic rings. The lowest BCUT2D eigenvalue weighted by Gasteiger charge is -2.12. The molecule has 0 bridgehead atoms. The van der Waals surface area contributed by atoms with Crippen LogP contribution in [0.2, 0.25) is 0 Å². The molecular weight excluding hydrogens is 717 g/mol. The van der Waals surface area contributed by atoms with E-state index in [1.54, 1.807) is 11.3 Å². The highest BCUT2D eigenvalue weighted by molar-refractivity contribution is 7.26. The van der Waals surface area contributed by atoms with E-state index >= 15 is 0 Å². The molecule has 0 aliphatic heterocycles. The molecule has 0 N–H and O–H groups in total. The Balaban J connectivity index is 1.12. The van der Waals surface area contributed by atoms with Gasteiger partial charge < -0.3 is 8.98 Å². The summed E-state index contributed by atoms with van der Waals surface area (Å²) >= 11 is 1.80. The van der Waals surface area contributed by atoms with Gasteiger partial charge in [0, 0.05) is 58.5 Å². The van der Waals surface area contributed by atoms with Crippen LogP contribution < -0.4 is 0 Å². The SMILES string of the molecule is c1ccc(-c2nc(-c3cc(-c4ccc5c(c4)c4ccccc4n5-c4ccccc4)c4c(c3)sc3ccccc34)nc(-c3cccc4c3oc3ccccc34)n2)cc1. The Morgan fingerprint density at radius 2 is 1.07 bits per heavy atom. The largest absolute Gasteiger partial charge is 0.455 e. The van der Waals surface area contributed by atoms with Crippen LogP contribution in [0, 0.1) is 0 Å². The quantitative estimate of drug-likeness (QED) is 0.176. The molecule has 12 rings (SSSR count). The van der Waals surface area contributed by atoms with Gasteiger partial charge in [-0.2, -0.15) is 0 Å². The summed E-state index contributed by atoms with van der Waals surface area (Å²) < 4.78 is 11.3. The van der Waals surface area contributed by atoms with Crippen molar-refractivity contribution in [3.8, 4) is 51.0 Å². The number of aromatic nitrogens is 4. The van der Waals surface area contributed by atoms with Crippen molar-refractivity contribution in [3.63, 3.8) is 0 Å². The summed E-state index contributed by atoms with van der Waals surface area (Å²) in [5, 5.41) is 6.99. The molecule has 0 saturated carbocycles. The van der Waals surface area contributed by atoms with E-state index in [9.17, 15) is 0 Å². The first kappa shape index (κ1) is 31.9. The van der Waals surface area contributed by atoms with E-state index in [1.807, 2.05) is 54.6 Å². The number of rotatable bonds is 5. The smallest absolute Gasteiger partial charge is 0.167 e. The van der Waals surface area contributed by atoms with Crippen LogP contribution >= 0.6 is 11.3 Å². The number of furan rings is 1. The zero-order chi connectivity index (χ0) is 37.5. The molecule has 6 heteroatoms. The average molecular weight is 747 g/mol. The molecule has 0 atom stereocenters. The molecule has 266 valence electrons.